The van der Waals surface area contributed by atoms with Crippen molar-refractivity contribution in [3.05, 3.63) is 0 Å². The maximum absolute atomic E-state index is 13.1. The Morgan fingerprint density at radius 1 is 0.284 bits per heavy atom. The van der Waals surface area contributed by atoms with Gasteiger partial charge in [-0.2, -0.15) is 0 Å². The Morgan fingerprint density at radius 3 is 0.745 bits per heavy atom. The molecule has 0 aliphatic carbocycles. The fourth-order valence-electron chi connectivity index (χ4n) is 12.9. The lowest BCUT2D eigenvalue weighted by atomic mass is 9.99. The van der Waals surface area contributed by atoms with Crippen LogP contribution in [0, 0.1) is 11.8 Å². The van der Waals surface area contributed by atoms with Crippen molar-refractivity contribution in [1.82, 2.24) is 0 Å². The number of phosphoric ester groups is 2. The fraction of sp³-hybridized carbons (Fsp3) is 0.952. The second-order valence-corrected chi connectivity index (χ2v) is 33.5. The zero-order valence-corrected chi connectivity index (χ0v) is 68.7. The van der Waals surface area contributed by atoms with Gasteiger partial charge in [-0.1, -0.05) is 388 Å². The van der Waals surface area contributed by atoms with E-state index < -0.39 is 97.5 Å². The molecule has 3 N–H and O–H groups in total. The van der Waals surface area contributed by atoms with Crippen molar-refractivity contribution in [3.63, 3.8) is 0 Å². The summed E-state index contributed by atoms with van der Waals surface area (Å²) in [7, 11) is -9.92. The van der Waals surface area contributed by atoms with Crippen LogP contribution in [0.4, 0.5) is 0 Å². The first-order chi connectivity index (χ1) is 49.4. The van der Waals surface area contributed by atoms with Crippen molar-refractivity contribution < 1.29 is 80.2 Å². The van der Waals surface area contributed by atoms with Gasteiger partial charge in [-0.15, -0.1) is 0 Å². The largest absolute Gasteiger partial charge is 0.472 e. The molecule has 0 aromatic heterocycles. The van der Waals surface area contributed by atoms with Crippen molar-refractivity contribution in [3.8, 4) is 0 Å². The summed E-state index contributed by atoms with van der Waals surface area (Å²) in [4.78, 5) is 73.0. The number of carbonyl (C=O) groups excluding carboxylic acids is 4. The number of hydrogen-bond acceptors (Lipinski definition) is 15. The zero-order chi connectivity index (χ0) is 74.9. The molecule has 102 heavy (non-hydrogen) atoms. The van der Waals surface area contributed by atoms with Gasteiger partial charge >= 0.3 is 39.5 Å². The van der Waals surface area contributed by atoms with E-state index in [4.69, 9.17) is 37.0 Å². The van der Waals surface area contributed by atoms with E-state index in [0.29, 0.717) is 25.7 Å². The molecule has 0 aliphatic heterocycles. The number of rotatable bonds is 82. The Hall–Kier alpha value is -1.94. The van der Waals surface area contributed by atoms with Gasteiger partial charge in [0.2, 0.25) is 0 Å². The van der Waals surface area contributed by atoms with Gasteiger partial charge < -0.3 is 33.8 Å². The Balaban J connectivity index is 5.17. The molecule has 0 rings (SSSR count). The van der Waals surface area contributed by atoms with Gasteiger partial charge in [-0.05, 0) is 37.5 Å². The molecular weight excluding hydrogens is 1330 g/mol. The van der Waals surface area contributed by atoms with Crippen molar-refractivity contribution in [2.24, 2.45) is 11.8 Å². The van der Waals surface area contributed by atoms with E-state index in [1.54, 1.807) is 0 Å². The summed E-state index contributed by atoms with van der Waals surface area (Å²) >= 11 is 0. The fourth-order valence-corrected chi connectivity index (χ4v) is 14.4. The number of aliphatic hydroxyl groups excluding tert-OH is 1. The molecule has 0 saturated carbocycles. The standard InChI is InChI=1S/C83H162O17P2/c1-7-10-12-14-16-17-18-19-20-21-22-23-24-25-33-38-43-49-55-61-68-83(88)100-79(72-94-81(86)66-60-54-48-42-37-32-29-27-31-36-41-47-52-58-64-76(6)9-3)74-98-102(91,92)96-70-77(84)69-95-101(89,90)97-73-78(71-93-80(85)65-59-53-45-15-13-11-8-2)99-82(87)67-62-56-50-44-39-34-28-26-30-35-40-46-51-57-63-75(4)5/h75-79,84H,7-74H2,1-6H3,(H,89,90)(H,91,92)/t76?,77-,78+,79+/m0/s1. The average molecular weight is 1490 g/mol. The number of ether oxygens (including phenoxy) is 4. The van der Waals surface area contributed by atoms with Crippen LogP contribution in [0.1, 0.15) is 440 Å². The van der Waals surface area contributed by atoms with Gasteiger partial charge in [-0.25, -0.2) is 9.13 Å². The zero-order valence-electron chi connectivity index (χ0n) is 66.9. The lowest BCUT2D eigenvalue weighted by Gasteiger charge is -2.21. The summed E-state index contributed by atoms with van der Waals surface area (Å²) in [5.74, 6) is -0.465. The highest BCUT2D eigenvalue weighted by atomic mass is 31.2. The minimum absolute atomic E-state index is 0.107. The SMILES string of the molecule is CCCCCCCCCCCCCCCCCCCCCCC(=O)O[C@H](COC(=O)CCCCCCCCCCCCCCCCC(C)CC)COP(=O)(O)OC[C@@H](O)COP(=O)(O)OC[C@@H](COC(=O)CCCCCCCCC)OC(=O)CCCCCCCCCCCCCCCCC(C)C. The lowest BCUT2D eigenvalue weighted by molar-refractivity contribution is -0.161. The molecule has 0 aliphatic rings. The van der Waals surface area contributed by atoms with E-state index in [1.165, 1.54) is 244 Å². The highest BCUT2D eigenvalue weighted by molar-refractivity contribution is 7.47. The van der Waals surface area contributed by atoms with Crippen molar-refractivity contribution in [2.45, 2.75) is 458 Å². The minimum Gasteiger partial charge on any atom is -0.462 e. The first-order valence-corrected chi connectivity index (χ1v) is 46.0. The molecule has 0 fully saturated rings. The normalized spacial score (nSPS) is 14.1. The Labute approximate surface area is 626 Å². The van der Waals surface area contributed by atoms with Gasteiger partial charge in [0.05, 0.1) is 26.4 Å². The molecule has 17 nitrogen and oxygen atoms in total. The first-order valence-electron chi connectivity index (χ1n) is 43.0. The number of unbranched alkanes of at least 4 members (excludes halogenated alkanes) is 51. The molecule has 19 heteroatoms. The van der Waals surface area contributed by atoms with Crippen LogP contribution in [0.15, 0.2) is 0 Å². The Kier molecular flexibility index (Phi) is 73.1. The number of carbonyl (C=O) groups is 4. The maximum Gasteiger partial charge on any atom is 0.472 e. The molecule has 0 amide bonds. The molecule has 3 unspecified atom stereocenters. The smallest absolute Gasteiger partial charge is 0.462 e. The van der Waals surface area contributed by atoms with Crippen LogP contribution in [0.25, 0.3) is 0 Å². The second-order valence-electron chi connectivity index (χ2n) is 30.6. The Morgan fingerprint density at radius 2 is 0.500 bits per heavy atom. The molecule has 0 saturated heterocycles. The van der Waals surface area contributed by atoms with Gasteiger partial charge in [0, 0.05) is 25.7 Å². The molecule has 0 aromatic rings. The van der Waals surface area contributed by atoms with E-state index in [1.807, 2.05) is 0 Å². The first kappa shape index (κ1) is 100. The molecular formula is C83H162O17P2. The third kappa shape index (κ3) is 74.9. The van der Waals surface area contributed by atoms with E-state index in [2.05, 4.69) is 41.5 Å². The van der Waals surface area contributed by atoms with Gasteiger partial charge in [-0.3, -0.25) is 37.3 Å². The van der Waals surface area contributed by atoms with E-state index >= 15 is 0 Å². The summed E-state index contributed by atoms with van der Waals surface area (Å²) in [6.45, 7) is 9.68. The van der Waals surface area contributed by atoms with Gasteiger partial charge in [0.15, 0.2) is 12.2 Å². The second kappa shape index (κ2) is 74.5. The van der Waals surface area contributed by atoms with Gasteiger partial charge in [0.25, 0.3) is 0 Å². The van der Waals surface area contributed by atoms with E-state index in [-0.39, 0.29) is 25.7 Å². The van der Waals surface area contributed by atoms with Crippen LogP contribution < -0.4 is 0 Å². The van der Waals surface area contributed by atoms with Crippen LogP contribution >= 0.6 is 15.6 Å². The van der Waals surface area contributed by atoms with E-state index in [0.717, 1.165) is 115 Å². The van der Waals surface area contributed by atoms with Gasteiger partial charge in [0.1, 0.15) is 19.3 Å². The minimum atomic E-state index is -4.96. The Bertz CT molecular complexity index is 1960. The van der Waals surface area contributed by atoms with Crippen molar-refractivity contribution >= 4 is 39.5 Å². The summed E-state index contributed by atoms with van der Waals surface area (Å²) in [5.41, 5.74) is 0. The molecule has 0 spiro atoms. The summed E-state index contributed by atoms with van der Waals surface area (Å²) in [6, 6.07) is 0. The molecule has 606 valence electrons. The maximum atomic E-state index is 13.1. The molecule has 0 aromatic carbocycles. The van der Waals surface area contributed by atoms with Crippen LogP contribution in [0.2, 0.25) is 0 Å². The molecule has 0 radical (unpaired) electrons. The molecule has 0 bridgehead atoms. The quantitative estimate of drug-likeness (QED) is 0.0222. The topological polar surface area (TPSA) is 237 Å². The van der Waals surface area contributed by atoms with Crippen LogP contribution in [-0.2, 0) is 65.4 Å². The van der Waals surface area contributed by atoms with Crippen molar-refractivity contribution in [2.75, 3.05) is 39.6 Å². The highest BCUT2D eigenvalue weighted by Crippen LogP contribution is 2.45. The summed E-state index contributed by atoms with van der Waals surface area (Å²) < 4.78 is 68.7. The molecule has 6 atom stereocenters. The van der Waals surface area contributed by atoms with Crippen LogP contribution in [0.5, 0.6) is 0 Å². The summed E-state index contributed by atoms with van der Waals surface area (Å²) in [5, 5.41) is 10.6. The van der Waals surface area contributed by atoms with E-state index in [9.17, 15) is 43.2 Å². The third-order valence-electron chi connectivity index (χ3n) is 19.8. The van der Waals surface area contributed by atoms with Crippen LogP contribution in [-0.4, -0.2) is 96.7 Å². The summed E-state index contributed by atoms with van der Waals surface area (Å²) in [6.07, 6.45) is 65.4. The predicted molar refractivity (Wildman–Crippen MR) is 418 cm³/mol. The highest BCUT2D eigenvalue weighted by Gasteiger charge is 2.30. The van der Waals surface area contributed by atoms with Crippen molar-refractivity contribution in [1.29, 1.82) is 0 Å². The number of aliphatic hydroxyl groups is 1. The number of phosphoric acid groups is 2. The van der Waals surface area contributed by atoms with Crippen LogP contribution in [0.3, 0.4) is 0 Å². The number of hydrogen-bond donors (Lipinski definition) is 3. The number of esters is 4. The third-order valence-corrected chi connectivity index (χ3v) is 21.7. The monoisotopic (exact) mass is 1490 g/mol. The molecule has 0 heterocycles. The predicted octanol–water partition coefficient (Wildman–Crippen LogP) is 25.1. The average Bonchev–Trinajstić information content (AvgIpc) is 0.954. The lowest BCUT2D eigenvalue weighted by Crippen LogP contribution is -2.30.